The molecule has 0 bridgehead atoms. The SMILES string of the molecule is NCc1sc2ccccc2c1S(N)(=O)=O. The first-order valence-electron chi connectivity index (χ1n) is 4.27. The van der Waals surface area contributed by atoms with Crippen molar-refractivity contribution in [1.82, 2.24) is 0 Å². The first kappa shape index (κ1) is 10.6. The average molecular weight is 242 g/mol. The van der Waals surface area contributed by atoms with Crippen molar-refractivity contribution in [2.45, 2.75) is 11.4 Å². The average Bonchev–Trinajstić information content (AvgIpc) is 2.54. The molecule has 1 aromatic heterocycles. The summed E-state index contributed by atoms with van der Waals surface area (Å²) in [7, 11) is -3.70. The maximum absolute atomic E-state index is 11.4. The number of thiophene rings is 1. The van der Waals surface area contributed by atoms with E-state index in [4.69, 9.17) is 10.9 Å². The molecule has 0 unspecified atom stereocenters. The van der Waals surface area contributed by atoms with Crippen molar-refractivity contribution >= 4 is 31.4 Å². The summed E-state index contributed by atoms with van der Waals surface area (Å²) in [5, 5.41) is 5.82. The van der Waals surface area contributed by atoms with Gasteiger partial charge in [0.25, 0.3) is 0 Å². The monoisotopic (exact) mass is 242 g/mol. The van der Waals surface area contributed by atoms with E-state index in [1.54, 1.807) is 12.1 Å². The Morgan fingerprint density at radius 3 is 2.53 bits per heavy atom. The predicted molar refractivity (Wildman–Crippen MR) is 61.1 cm³/mol. The second kappa shape index (κ2) is 3.57. The Morgan fingerprint density at radius 1 is 1.27 bits per heavy atom. The highest BCUT2D eigenvalue weighted by molar-refractivity contribution is 7.89. The molecule has 15 heavy (non-hydrogen) atoms. The summed E-state index contributed by atoms with van der Waals surface area (Å²) >= 11 is 1.37. The van der Waals surface area contributed by atoms with Crippen molar-refractivity contribution in [2.75, 3.05) is 0 Å². The molecule has 80 valence electrons. The molecule has 0 amide bonds. The highest BCUT2D eigenvalue weighted by atomic mass is 32.2. The molecule has 6 heteroatoms. The number of hydrogen-bond donors (Lipinski definition) is 2. The Balaban J connectivity index is 2.91. The van der Waals surface area contributed by atoms with E-state index in [-0.39, 0.29) is 11.4 Å². The molecule has 0 aliphatic rings. The number of primary sulfonamides is 1. The molecular formula is C9H10N2O2S2. The molecule has 0 radical (unpaired) electrons. The lowest BCUT2D eigenvalue weighted by Gasteiger charge is -1.98. The van der Waals surface area contributed by atoms with Gasteiger partial charge in [-0.2, -0.15) is 0 Å². The van der Waals surface area contributed by atoms with Gasteiger partial charge in [-0.05, 0) is 6.07 Å². The van der Waals surface area contributed by atoms with Crippen LogP contribution in [0.4, 0.5) is 0 Å². The van der Waals surface area contributed by atoms with E-state index in [2.05, 4.69) is 0 Å². The zero-order valence-corrected chi connectivity index (χ0v) is 9.44. The smallest absolute Gasteiger partial charge is 0.239 e. The standard InChI is InChI=1S/C9H10N2O2S2/c10-5-8-9(15(11,12)13)6-3-1-2-4-7(6)14-8/h1-4H,5,10H2,(H2,11,12,13). The quantitative estimate of drug-likeness (QED) is 0.824. The van der Waals surface area contributed by atoms with Crippen molar-refractivity contribution in [3.8, 4) is 0 Å². The second-order valence-corrected chi connectivity index (χ2v) is 5.73. The number of benzene rings is 1. The first-order valence-corrected chi connectivity index (χ1v) is 6.63. The molecule has 1 aromatic carbocycles. The molecule has 0 saturated heterocycles. The molecule has 0 spiro atoms. The van der Waals surface area contributed by atoms with Crippen molar-refractivity contribution in [3.63, 3.8) is 0 Å². The number of fused-ring (bicyclic) bond motifs is 1. The van der Waals surface area contributed by atoms with Gasteiger partial charge in [-0.25, -0.2) is 13.6 Å². The Morgan fingerprint density at radius 2 is 1.93 bits per heavy atom. The van der Waals surface area contributed by atoms with Crippen molar-refractivity contribution in [1.29, 1.82) is 0 Å². The Bertz CT molecular complexity index is 602. The molecule has 4 N–H and O–H groups in total. The molecule has 0 aliphatic carbocycles. The fraction of sp³-hybridized carbons (Fsp3) is 0.111. The molecule has 0 saturated carbocycles. The van der Waals surface area contributed by atoms with Gasteiger partial charge in [0.15, 0.2) is 0 Å². The minimum absolute atomic E-state index is 0.172. The predicted octanol–water partition coefficient (Wildman–Crippen LogP) is 1.01. The Hall–Kier alpha value is -0.950. The number of rotatable bonds is 2. The maximum atomic E-state index is 11.4. The van der Waals surface area contributed by atoms with Crippen LogP contribution >= 0.6 is 11.3 Å². The summed E-state index contributed by atoms with van der Waals surface area (Å²) in [6.45, 7) is 0.186. The minimum Gasteiger partial charge on any atom is -0.326 e. The molecule has 0 fully saturated rings. The van der Waals surface area contributed by atoms with E-state index in [1.165, 1.54) is 11.3 Å². The van der Waals surface area contributed by atoms with Gasteiger partial charge in [-0.15, -0.1) is 11.3 Å². The van der Waals surface area contributed by atoms with Gasteiger partial charge >= 0.3 is 0 Å². The summed E-state index contributed by atoms with van der Waals surface area (Å²) in [6, 6.07) is 7.23. The maximum Gasteiger partial charge on any atom is 0.239 e. The van der Waals surface area contributed by atoms with Crippen molar-refractivity contribution < 1.29 is 8.42 Å². The fourth-order valence-electron chi connectivity index (χ4n) is 1.52. The van der Waals surface area contributed by atoms with E-state index in [0.717, 1.165) is 4.70 Å². The van der Waals surface area contributed by atoms with Crippen LogP contribution in [-0.2, 0) is 16.6 Å². The molecular weight excluding hydrogens is 232 g/mol. The zero-order valence-electron chi connectivity index (χ0n) is 7.80. The van der Waals surface area contributed by atoms with Gasteiger partial charge in [0.05, 0.1) is 0 Å². The lowest BCUT2D eigenvalue weighted by Crippen LogP contribution is -2.14. The van der Waals surface area contributed by atoms with E-state index in [1.807, 2.05) is 12.1 Å². The second-order valence-electron chi connectivity index (χ2n) is 3.10. The topological polar surface area (TPSA) is 86.2 Å². The number of nitrogens with two attached hydrogens (primary N) is 2. The third-order valence-electron chi connectivity index (χ3n) is 2.09. The summed E-state index contributed by atoms with van der Waals surface area (Å²) in [4.78, 5) is 0.782. The van der Waals surface area contributed by atoms with Crippen molar-refractivity contribution in [2.24, 2.45) is 10.9 Å². The van der Waals surface area contributed by atoms with Crippen LogP contribution in [0.5, 0.6) is 0 Å². The zero-order chi connectivity index (χ0) is 11.1. The molecule has 0 atom stereocenters. The first-order chi connectivity index (χ1) is 7.04. The molecule has 4 nitrogen and oxygen atoms in total. The van der Waals surface area contributed by atoms with E-state index in [0.29, 0.717) is 10.3 Å². The molecule has 2 rings (SSSR count). The molecule has 0 aliphatic heterocycles. The Labute approximate surface area is 91.6 Å². The van der Waals surface area contributed by atoms with Crippen LogP contribution in [-0.4, -0.2) is 8.42 Å². The van der Waals surface area contributed by atoms with Crippen LogP contribution in [0, 0.1) is 0 Å². The van der Waals surface area contributed by atoms with Crippen molar-refractivity contribution in [3.05, 3.63) is 29.1 Å². The van der Waals surface area contributed by atoms with Gasteiger partial charge in [0.2, 0.25) is 10.0 Å². The van der Waals surface area contributed by atoms with Gasteiger partial charge in [-0.1, -0.05) is 18.2 Å². The third kappa shape index (κ3) is 1.76. The summed E-state index contributed by atoms with van der Waals surface area (Å²) in [6.07, 6.45) is 0. The van der Waals surface area contributed by atoms with E-state index >= 15 is 0 Å². The van der Waals surface area contributed by atoms with E-state index < -0.39 is 10.0 Å². The van der Waals surface area contributed by atoms with Crippen LogP contribution in [0.3, 0.4) is 0 Å². The van der Waals surface area contributed by atoms with Gasteiger partial charge in [-0.3, -0.25) is 0 Å². The lowest BCUT2D eigenvalue weighted by molar-refractivity contribution is 0.598. The van der Waals surface area contributed by atoms with Gasteiger partial charge in [0, 0.05) is 21.5 Å². The van der Waals surface area contributed by atoms with Crippen LogP contribution in [0.25, 0.3) is 10.1 Å². The highest BCUT2D eigenvalue weighted by Crippen LogP contribution is 2.33. The molecule has 1 heterocycles. The third-order valence-corrected chi connectivity index (χ3v) is 4.45. The highest BCUT2D eigenvalue weighted by Gasteiger charge is 2.19. The van der Waals surface area contributed by atoms with Gasteiger partial charge < -0.3 is 5.73 Å². The lowest BCUT2D eigenvalue weighted by atomic mass is 10.2. The van der Waals surface area contributed by atoms with E-state index in [9.17, 15) is 8.42 Å². The van der Waals surface area contributed by atoms with Crippen LogP contribution in [0.2, 0.25) is 0 Å². The van der Waals surface area contributed by atoms with Crippen LogP contribution < -0.4 is 10.9 Å². The summed E-state index contributed by atoms with van der Waals surface area (Å²) in [5.74, 6) is 0. The Kier molecular flexibility index (Phi) is 2.51. The molecule has 2 aromatic rings. The minimum atomic E-state index is -3.70. The van der Waals surface area contributed by atoms with Crippen LogP contribution in [0.15, 0.2) is 29.2 Å². The number of sulfonamides is 1. The number of hydrogen-bond acceptors (Lipinski definition) is 4. The van der Waals surface area contributed by atoms with Gasteiger partial charge in [0.1, 0.15) is 4.90 Å². The fourth-order valence-corrected chi connectivity index (χ4v) is 3.92. The normalized spacial score (nSPS) is 12.1. The summed E-state index contributed by atoms with van der Waals surface area (Å²) in [5.41, 5.74) is 5.50. The largest absolute Gasteiger partial charge is 0.326 e. The summed E-state index contributed by atoms with van der Waals surface area (Å²) < 4.78 is 23.7. The van der Waals surface area contributed by atoms with Crippen LogP contribution in [0.1, 0.15) is 4.88 Å².